The molecule has 184 valence electrons. The van der Waals surface area contributed by atoms with Crippen molar-refractivity contribution in [2.45, 2.75) is 56.8 Å². The van der Waals surface area contributed by atoms with Crippen LogP contribution in [-0.2, 0) is 42.1 Å². The Hall–Kier alpha value is -3.17. The van der Waals surface area contributed by atoms with Crippen LogP contribution in [0.1, 0.15) is 56.9 Å². The van der Waals surface area contributed by atoms with E-state index in [9.17, 15) is 13.2 Å². The summed E-state index contributed by atoms with van der Waals surface area (Å²) >= 11 is 0. The van der Waals surface area contributed by atoms with Crippen molar-refractivity contribution in [1.82, 2.24) is 15.2 Å². The Kier molecular flexibility index (Phi) is 6.62. The van der Waals surface area contributed by atoms with Gasteiger partial charge in [0.05, 0.1) is 11.6 Å². The highest BCUT2D eigenvalue weighted by molar-refractivity contribution is 7.89. The number of nitrogens with one attached hydrogen (secondary N) is 3. The van der Waals surface area contributed by atoms with Crippen molar-refractivity contribution in [3.05, 3.63) is 75.7 Å². The molecule has 9 heteroatoms. The number of aryl methyl sites for hydroxylation is 3. The molecule has 35 heavy (non-hydrogen) atoms. The van der Waals surface area contributed by atoms with Gasteiger partial charge in [-0.1, -0.05) is 23.4 Å². The van der Waals surface area contributed by atoms with Crippen molar-refractivity contribution in [3.63, 3.8) is 0 Å². The zero-order chi connectivity index (χ0) is 24.4. The number of hydrogen-bond donors (Lipinski definition) is 3. The minimum atomic E-state index is -3.64. The van der Waals surface area contributed by atoms with E-state index in [1.165, 1.54) is 22.3 Å². The maximum Gasteiger partial charge on any atom is 0.273 e. The lowest BCUT2D eigenvalue weighted by molar-refractivity contribution is 0.0945. The zero-order valence-corrected chi connectivity index (χ0v) is 20.6. The van der Waals surface area contributed by atoms with Crippen molar-refractivity contribution < 1.29 is 17.7 Å². The Morgan fingerprint density at radius 1 is 1.00 bits per heavy atom. The molecule has 0 unspecified atom stereocenters. The molecule has 2 aromatic carbocycles. The largest absolute Gasteiger partial charge is 0.371 e. The second kappa shape index (κ2) is 9.83. The molecule has 0 atom stereocenters. The number of hydrogen-bond acceptors (Lipinski definition) is 6. The van der Waals surface area contributed by atoms with Gasteiger partial charge in [0.2, 0.25) is 10.0 Å². The molecule has 0 fully saturated rings. The van der Waals surface area contributed by atoms with Gasteiger partial charge < -0.3 is 15.2 Å². The number of benzene rings is 2. The summed E-state index contributed by atoms with van der Waals surface area (Å²) in [6.45, 7) is 2.29. The Bertz CT molecular complexity index is 1310. The number of carbonyl (C=O) groups excluding carboxylic acids is 1. The van der Waals surface area contributed by atoms with E-state index in [1.807, 2.05) is 0 Å². The van der Waals surface area contributed by atoms with Crippen LogP contribution < -0.4 is 15.4 Å². The van der Waals surface area contributed by atoms with Gasteiger partial charge in [-0.05, 0) is 91.8 Å². The van der Waals surface area contributed by atoms with Gasteiger partial charge in [-0.3, -0.25) is 4.79 Å². The smallest absolute Gasteiger partial charge is 0.273 e. The van der Waals surface area contributed by atoms with E-state index in [0.29, 0.717) is 18.7 Å². The van der Waals surface area contributed by atoms with Gasteiger partial charge in [-0.15, -0.1) is 0 Å². The van der Waals surface area contributed by atoms with Crippen LogP contribution >= 0.6 is 0 Å². The third-order valence-corrected chi connectivity index (χ3v) is 8.21. The number of nitrogens with zero attached hydrogens (tertiary/aromatic N) is 1. The normalized spacial score (nSPS) is 14.5. The molecule has 2 aliphatic carbocycles. The van der Waals surface area contributed by atoms with E-state index in [-0.39, 0.29) is 23.2 Å². The monoisotopic (exact) mass is 494 g/mol. The molecular formula is C26H30N4O4S. The fourth-order valence-corrected chi connectivity index (χ4v) is 5.98. The molecule has 1 amide bonds. The fraction of sp³-hybridized carbons (Fsp3) is 0.385. The first-order chi connectivity index (χ1) is 16.9. The van der Waals surface area contributed by atoms with Crippen molar-refractivity contribution in [2.24, 2.45) is 0 Å². The lowest BCUT2D eigenvalue weighted by Gasteiger charge is -2.17. The number of anilines is 1. The molecule has 0 radical (unpaired) electrons. The molecule has 0 spiro atoms. The van der Waals surface area contributed by atoms with E-state index in [0.717, 1.165) is 49.8 Å². The van der Waals surface area contributed by atoms with Crippen molar-refractivity contribution in [3.8, 4) is 0 Å². The third-order valence-electron chi connectivity index (χ3n) is 6.79. The first-order valence-electron chi connectivity index (χ1n) is 12.1. The topological polar surface area (TPSA) is 113 Å². The average molecular weight is 495 g/mol. The number of carbonyl (C=O) groups is 1. The molecule has 3 aromatic rings. The van der Waals surface area contributed by atoms with Gasteiger partial charge in [0.15, 0.2) is 5.69 Å². The van der Waals surface area contributed by atoms with Crippen LogP contribution in [0.2, 0.25) is 0 Å². The summed E-state index contributed by atoms with van der Waals surface area (Å²) in [6.07, 6.45) is 7.22. The van der Waals surface area contributed by atoms with Gasteiger partial charge in [0, 0.05) is 18.3 Å². The van der Waals surface area contributed by atoms with Gasteiger partial charge in [0.1, 0.15) is 5.76 Å². The first kappa shape index (κ1) is 23.6. The van der Waals surface area contributed by atoms with E-state index in [2.05, 4.69) is 26.6 Å². The number of fused-ring (bicyclic) bond motifs is 2. The van der Waals surface area contributed by atoms with Crippen LogP contribution in [0.4, 0.5) is 5.69 Å². The van der Waals surface area contributed by atoms with Crippen LogP contribution in [0, 0.1) is 6.92 Å². The van der Waals surface area contributed by atoms with Gasteiger partial charge >= 0.3 is 0 Å². The number of rotatable bonds is 9. The maximum atomic E-state index is 12.8. The van der Waals surface area contributed by atoms with E-state index in [1.54, 1.807) is 37.3 Å². The Morgan fingerprint density at radius 3 is 2.31 bits per heavy atom. The summed E-state index contributed by atoms with van der Waals surface area (Å²) in [5.74, 6) is 0.278. The Balaban J connectivity index is 1.15. The lowest BCUT2D eigenvalue weighted by atomic mass is 9.99. The quantitative estimate of drug-likeness (QED) is 0.394. The van der Waals surface area contributed by atoms with Crippen LogP contribution in [0.25, 0.3) is 0 Å². The Labute approximate surface area is 205 Å². The molecule has 1 heterocycles. The highest BCUT2D eigenvalue weighted by atomic mass is 32.2. The summed E-state index contributed by atoms with van der Waals surface area (Å²) in [6, 6.07) is 10.7. The van der Waals surface area contributed by atoms with E-state index < -0.39 is 10.0 Å². The molecule has 1 aromatic heterocycles. The molecule has 0 saturated heterocycles. The Morgan fingerprint density at radius 2 is 1.69 bits per heavy atom. The second-order valence-electron chi connectivity index (χ2n) is 9.21. The van der Waals surface area contributed by atoms with E-state index in [4.69, 9.17) is 4.52 Å². The lowest BCUT2D eigenvalue weighted by Crippen LogP contribution is -2.29. The zero-order valence-electron chi connectivity index (χ0n) is 19.8. The SMILES string of the molecule is Cc1cc(C(=O)NCCc2ccc(S(=O)(=O)NCNc3c4c(cc5c3CCC5)CCC4)cc2)no1. The van der Waals surface area contributed by atoms with E-state index >= 15 is 0 Å². The van der Waals surface area contributed by atoms with Gasteiger partial charge in [-0.25, -0.2) is 8.42 Å². The predicted octanol–water partition coefficient (Wildman–Crippen LogP) is 3.28. The summed E-state index contributed by atoms with van der Waals surface area (Å²) in [7, 11) is -3.64. The van der Waals surface area contributed by atoms with Crippen molar-refractivity contribution in [2.75, 3.05) is 18.5 Å². The molecule has 0 saturated carbocycles. The minimum absolute atomic E-state index is 0.153. The summed E-state index contributed by atoms with van der Waals surface area (Å²) in [5.41, 5.74) is 7.87. The molecule has 5 rings (SSSR count). The minimum Gasteiger partial charge on any atom is -0.371 e. The summed E-state index contributed by atoms with van der Waals surface area (Å²) in [5, 5.41) is 9.87. The predicted molar refractivity (Wildman–Crippen MR) is 133 cm³/mol. The molecule has 8 nitrogen and oxygen atoms in total. The van der Waals surface area contributed by atoms with Crippen molar-refractivity contribution >= 4 is 21.6 Å². The second-order valence-corrected chi connectivity index (χ2v) is 11.0. The highest BCUT2D eigenvalue weighted by Gasteiger charge is 2.24. The molecular weight excluding hydrogens is 464 g/mol. The van der Waals surface area contributed by atoms with Crippen LogP contribution in [-0.4, -0.2) is 32.7 Å². The maximum absolute atomic E-state index is 12.8. The summed E-state index contributed by atoms with van der Waals surface area (Å²) < 4.78 is 33.3. The average Bonchev–Trinajstić information content (AvgIpc) is 3.59. The summed E-state index contributed by atoms with van der Waals surface area (Å²) in [4.78, 5) is 12.3. The standard InChI is InChI=1S/C26H30N4O4S/c1-17-14-24(30-34-17)26(31)27-13-12-18-8-10-21(11-9-18)35(32,33)29-16-28-25-22-6-2-4-19(22)15-20-5-3-7-23(20)25/h8-11,14-15,28-29H,2-7,12-13,16H2,1H3,(H,27,31). The van der Waals surface area contributed by atoms with Gasteiger partial charge in [-0.2, -0.15) is 4.72 Å². The third kappa shape index (κ3) is 5.11. The fourth-order valence-electron chi connectivity index (χ4n) is 5.05. The number of aromatic nitrogens is 1. The highest BCUT2D eigenvalue weighted by Crippen LogP contribution is 2.38. The number of amides is 1. The van der Waals surface area contributed by atoms with Crippen molar-refractivity contribution in [1.29, 1.82) is 0 Å². The van der Waals surface area contributed by atoms with Crippen LogP contribution in [0.5, 0.6) is 0 Å². The molecule has 3 N–H and O–H groups in total. The van der Waals surface area contributed by atoms with Crippen LogP contribution in [0.3, 0.4) is 0 Å². The van der Waals surface area contributed by atoms with Crippen LogP contribution in [0.15, 0.2) is 45.8 Å². The van der Waals surface area contributed by atoms with Gasteiger partial charge in [0.25, 0.3) is 5.91 Å². The number of sulfonamides is 1. The molecule has 2 aliphatic rings. The molecule has 0 aliphatic heterocycles. The molecule has 0 bridgehead atoms. The first-order valence-corrected chi connectivity index (χ1v) is 13.6.